The molecule has 4 atom stereocenters. The molecule has 0 saturated carbocycles. The van der Waals surface area contributed by atoms with Gasteiger partial charge in [0.15, 0.2) is 0 Å². The van der Waals surface area contributed by atoms with Crippen LogP contribution in [-0.2, 0) is 14.3 Å². The van der Waals surface area contributed by atoms with Crippen LogP contribution in [0.1, 0.15) is 32.6 Å². The molecule has 2 saturated heterocycles. The number of aliphatic hydroxyl groups excluding tert-OH is 3. The maximum atomic E-state index is 12.8. The lowest BCUT2D eigenvalue weighted by molar-refractivity contribution is -0.138. The maximum Gasteiger partial charge on any atom is 0.239 e. The van der Waals surface area contributed by atoms with Crippen molar-refractivity contribution in [1.82, 2.24) is 15.1 Å². The van der Waals surface area contributed by atoms with E-state index in [1.54, 1.807) is 4.90 Å². The second-order valence-corrected chi connectivity index (χ2v) is 7.35. The summed E-state index contributed by atoms with van der Waals surface area (Å²) < 4.78 is 5.36. The normalized spacial score (nSPS) is 32.1. The molecule has 2 amide bonds. The van der Waals surface area contributed by atoms with Crippen molar-refractivity contribution in [3.63, 3.8) is 0 Å². The van der Waals surface area contributed by atoms with Crippen molar-refractivity contribution in [1.29, 1.82) is 0 Å². The molecule has 2 fully saturated rings. The van der Waals surface area contributed by atoms with Crippen LogP contribution in [0.4, 0.5) is 0 Å². The highest BCUT2D eigenvalue weighted by molar-refractivity contribution is 5.82. The van der Waals surface area contributed by atoms with Crippen LogP contribution < -0.4 is 5.32 Å². The molecule has 0 radical (unpaired) electrons. The first kappa shape index (κ1) is 22.0. The summed E-state index contributed by atoms with van der Waals surface area (Å²) in [5.74, 6) is -0.217. The van der Waals surface area contributed by atoms with E-state index >= 15 is 0 Å². The molecular weight excluding hydrogens is 354 g/mol. The first-order chi connectivity index (χ1) is 12.9. The molecule has 0 aromatic rings. The molecule has 0 unspecified atom stereocenters. The van der Waals surface area contributed by atoms with E-state index in [2.05, 4.69) is 5.32 Å². The molecule has 9 nitrogen and oxygen atoms in total. The summed E-state index contributed by atoms with van der Waals surface area (Å²) in [5.41, 5.74) is 0. The summed E-state index contributed by atoms with van der Waals surface area (Å²) >= 11 is 0. The van der Waals surface area contributed by atoms with Crippen LogP contribution in [0.5, 0.6) is 0 Å². The van der Waals surface area contributed by atoms with Crippen molar-refractivity contribution < 1.29 is 29.6 Å². The van der Waals surface area contributed by atoms with Gasteiger partial charge in [0.05, 0.1) is 12.6 Å². The number of rotatable bonds is 1. The molecule has 0 aliphatic carbocycles. The Labute approximate surface area is 160 Å². The molecule has 2 rings (SSSR count). The molecular formula is C18H33N3O6. The highest BCUT2D eigenvalue weighted by atomic mass is 16.5. The largest absolute Gasteiger partial charge is 0.388 e. The number of carbonyl (C=O) groups excluding carboxylic acids is 2. The van der Waals surface area contributed by atoms with Gasteiger partial charge in [0.1, 0.15) is 18.3 Å². The fraction of sp³-hybridized carbons (Fsp3) is 0.889. The van der Waals surface area contributed by atoms with Crippen LogP contribution in [0.25, 0.3) is 0 Å². The van der Waals surface area contributed by atoms with Crippen molar-refractivity contribution in [2.24, 2.45) is 0 Å². The van der Waals surface area contributed by atoms with Gasteiger partial charge in [0.25, 0.3) is 0 Å². The van der Waals surface area contributed by atoms with E-state index in [-0.39, 0.29) is 37.6 Å². The maximum absolute atomic E-state index is 12.8. The number of hydrogen-bond acceptors (Lipinski definition) is 7. The summed E-state index contributed by atoms with van der Waals surface area (Å²) in [7, 11) is 0. The Morgan fingerprint density at radius 1 is 1.00 bits per heavy atom. The van der Waals surface area contributed by atoms with Gasteiger partial charge in [-0.25, -0.2) is 0 Å². The number of nitrogens with one attached hydrogen (secondary N) is 1. The van der Waals surface area contributed by atoms with E-state index in [1.807, 2.05) is 0 Å². The van der Waals surface area contributed by atoms with Gasteiger partial charge >= 0.3 is 0 Å². The van der Waals surface area contributed by atoms with Crippen molar-refractivity contribution in [2.45, 2.75) is 57.0 Å². The standard InChI is InChI=1S/C18H33N3O6/c1-13(22)21-9-8-20(18(26)14-5-4-6-19-14)7-2-3-10-27-12-16(24)17(25)15(23)11-21/h14-17,19,23-25H,2-12H2,1H3/t14-,15+,16-,17-/m1/s1. The van der Waals surface area contributed by atoms with E-state index in [9.17, 15) is 24.9 Å². The molecule has 27 heavy (non-hydrogen) atoms. The predicted molar refractivity (Wildman–Crippen MR) is 97.9 cm³/mol. The second kappa shape index (κ2) is 10.9. The van der Waals surface area contributed by atoms with Crippen LogP contribution in [0.3, 0.4) is 0 Å². The zero-order valence-electron chi connectivity index (χ0n) is 16.0. The predicted octanol–water partition coefficient (Wildman–Crippen LogP) is -1.69. The average Bonchev–Trinajstić information content (AvgIpc) is 3.18. The highest BCUT2D eigenvalue weighted by Crippen LogP contribution is 2.11. The van der Waals surface area contributed by atoms with Crippen molar-refractivity contribution >= 4 is 11.8 Å². The van der Waals surface area contributed by atoms with Gasteiger partial charge < -0.3 is 35.2 Å². The number of amides is 2. The zero-order valence-corrected chi connectivity index (χ0v) is 16.0. The average molecular weight is 387 g/mol. The minimum Gasteiger partial charge on any atom is -0.388 e. The molecule has 2 heterocycles. The summed E-state index contributed by atoms with van der Waals surface area (Å²) in [4.78, 5) is 27.9. The Bertz CT molecular complexity index is 486. The lowest BCUT2D eigenvalue weighted by Gasteiger charge is -2.32. The first-order valence-electron chi connectivity index (χ1n) is 9.79. The SMILES string of the molecule is CC(=O)N1CCN(C(=O)[C@H]2CCCN2)CCCCOC[C@@H](O)[C@H](O)[C@@H](O)C1. The Balaban J connectivity index is 2.05. The van der Waals surface area contributed by atoms with Crippen LogP contribution in [0.2, 0.25) is 0 Å². The van der Waals surface area contributed by atoms with Gasteiger partial charge in [0, 0.05) is 39.7 Å². The Kier molecular flexibility index (Phi) is 8.91. The summed E-state index contributed by atoms with van der Waals surface area (Å²) in [6.07, 6.45) is -0.667. The number of hydrogen-bond donors (Lipinski definition) is 4. The number of carbonyl (C=O) groups is 2. The molecule has 4 N–H and O–H groups in total. The van der Waals surface area contributed by atoms with Crippen LogP contribution >= 0.6 is 0 Å². The Morgan fingerprint density at radius 3 is 2.41 bits per heavy atom. The van der Waals surface area contributed by atoms with Gasteiger partial charge in [0.2, 0.25) is 11.8 Å². The van der Waals surface area contributed by atoms with Crippen LogP contribution in [-0.4, -0.2) is 107 Å². The highest BCUT2D eigenvalue weighted by Gasteiger charge is 2.30. The van der Waals surface area contributed by atoms with Crippen molar-refractivity contribution in [3.8, 4) is 0 Å². The molecule has 2 aliphatic heterocycles. The quantitative estimate of drug-likeness (QED) is 0.423. The fourth-order valence-electron chi connectivity index (χ4n) is 3.47. The summed E-state index contributed by atoms with van der Waals surface area (Å²) in [6.45, 7) is 3.62. The third-order valence-corrected chi connectivity index (χ3v) is 5.21. The van der Waals surface area contributed by atoms with Gasteiger partial charge in [-0.3, -0.25) is 9.59 Å². The smallest absolute Gasteiger partial charge is 0.239 e. The van der Waals surface area contributed by atoms with Gasteiger partial charge in [-0.1, -0.05) is 0 Å². The third-order valence-electron chi connectivity index (χ3n) is 5.21. The van der Waals surface area contributed by atoms with Crippen LogP contribution in [0.15, 0.2) is 0 Å². The molecule has 2 aliphatic rings. The van der Waals surface area contributed by atoms with E-state index < -0.39 is 18.3 Å². The lowest BCUT2D eigenvalue weighted by atomic mass is 10.1. The first-order valence-corrected chi connectivity index (χ1v) is 9.79. The van der Waals surface area contributed by atoms with Crippen molar-refractivity contribution in [2.75, 3.05) is 45.9 Å². The minimum absolute atomic E-state index is 0.0417. The van der Waals surface area contributed by atoms with E-state index in [1.165, 1.54) is 11.8 Å². The molecule has 9 heteroatoms. The van der Waals surface area contributed by atoms with Gasteiger partial charge in [-0.2, -0.15) is 0 Å². The lowest BCUT2D eigenvalue weighted by Crippen LogP contribution is -2.51. The Hall–Kier alpha value is -1.26. The number of β-amino-alcohol motifs (C(OH)–C–C–N with tert-alkyl or cyclic N) is 1. The summed E-state index contributed by atoms with van der Waals surface area (Å²) in [6, 6.07) is -0.173. The van der Waals surface area contributed by atoms with Crippen molar-refractivity contribution in [3.05, 3.63) is 0 Å². The Morgan fingerprint density at radius 2 is 1.74 bits per heavy atom. The number of nitrogens with zero attached hydrogens (tertiary/aromatic N) is 2. The van der Waals surface area contributed by atoms with E-state index in [4.69, 9.17) is 4.74 Å². The molecule has 0 spiro atoms. The zero-order chi connectivity index (χ0) is 19.8. The molecule has 0 bridgehead atoms. The number of ether oxygens (including phenoxy) is 1. The molecule has 0 aromatic carbocycles. The minimum atomic E-state index is -1.41. The third kappa shape index (κ3) is 6.69. The molecule has 156 valence electrons. The van der Waals surface area contributed by atoms with E-state index in [0.29, 0.717) is 26.1 Å². The van der Waals surface area contributed by atoms with Gasteiger partial charge in [-0.05, 0) is 32.2 Å². The summed E-state index contributed by atoms with van der Waals surface area (Å²) in [5, 5.41) is 33.4. The number of aliphatic hydroxyl groups is 3. The monoisotopic (exact) mass is 387 g/mol. The molecule has 0 aromatic heterocycles. The fourth-order valence-corrected chi connectivity index (χ4v) is 3.47. The van der Waals surface area contributed by atoms with Gasteiger partial charge in [-0.15, -0.1) is 0 Å². The second-order valence-electron chi connectivity index (χ2n) is 7.35. The van der Waals surface area contributed by atoms with E-state index in [0.717, 1.165) is 25.8 Å². The topological polar surface area (TPSA) is 123 Å². The van der Waals surface area contributed by atoms with Crippen LogP contribution in [0, 0.1) is 0 Å².